The number of para-hydroxylation sites is 1. The van der Waals surface area contributed by atoms with E-state index in [1.807, 2.05) is 42.1 Å². The van der Waals surface area contributed by atoms with Gasteiger partial charge in [-0.2, -0.15) is 0 Å². The fraction of sp³-hybridized carbons (Fsp3) is 0.107. The number of nitrogens with zero attached hydrogens (tertiary/aromatic N) is 1. The van der Waals surface area contributed by atoms with E-state index in [0.29, 0.717) is 22.6 Å². The van der Waals surface area contributed by atoms with Crippen molar-refractivity contribution in [2.24, 2.45) is 7.05 Å². The maximum absolute atomic E-state index is 13.3. The van der Waals surface area contributed by atoms with E-state index in [2.05, 4.69) is 0 Å². The Balaban J connectivity index is 1.45. The zero-order valence-corrected chi connectivity index (χ0v) is 18.6. The van der Waals surface area contributed by atoms with Gasteiger partial charge in [0.2, 0.25) is 5.78 Å². The molecule has 1 unspecified atom stereocenters. The molecule has 172 valence electrons. The van der Waals surface area contributed by atoms with Crippen LogP contribution in [0.5, 0.6) is 11.5 Å². The molecule has 1 aromatic heterocycles. The van der Waals surface area contributed by atoms with Crippen LogP contribution in [0, 0.1) is 0 Å². The predicted octanol–water partition coefficient (Wildman–Crippen LogP) is 4.93. The van der Waals surface area contributed by atoms with Gasteiger partial charge in [-0.15, -0.1) is 0 Å². The van der Waals surface area contributed by atoms with E-state index >= 15 is 0 Å². The van der Waals surface area contributed by atoms with Crippen molar-refractivity contribution >= 4 is 34.7 Å². The first-order chi connectivity index (χ1) is 16.9. The molecule has 7 heteroatoms. The molecule has 4 aromatic rings. The number of aromatic carboxylic acids is 1. The first-order valence-electron chi connectivity index (χ1n) is 11.1. The summed E-state index contributed by atoms with van der Waals surface area (Å²) in [5.41, 5.74) is 3.80. The molecule has 3 heterocycles. The third kappa shape index (κ3) is 3.32. The van der Waals surface area contributed by atoms with Crippen LogP contribution in [0.3, 0.4) is 0 Å². The molecule has 35 heavy (non-hydrogen) atoms. The Morgan fingerprint density at radius 3 is 2.57 bits per heavy atom. The second kappa shape index (κ2) is 7.70. The van der Waals surface area contributed by atoms with Gasteiger partial charge in [0.05, 0.1) is 17.5 Å². The Morgan fingerprint density at radius 1 is 1.03 bits per heavy atom. The number of hydrogen-bond donors (Lipinski definition) is 1. The molecule has 0 spiro atoms. The standard InChI is InChI=1S/C28H19NO6/c1-29-14-17(18-4-2-3-5-21(18)29)12-23-26(31)19-10-11-22-25(27(19)35-23)20(13-24(30)34-22)15-6-8-16(9-7-15)28(32)33/h2-12,14,20H,13H2,1H3,(H,32,33)/b23-12+. The van der Waals surface area contributed by atoms with E-state index in [-0.39, 0.29) is 23.5 Å². The predicted molar refractivity (Wildman–Crippen MR) is 128 cm³/mol. The van der Waals surface area contributed by atoms with Crippen molar-refractivity contribution in [2.75, 3.05) is 0 Å². The van der Waals surface area contributed by atoms with Crippen molar-refractivity contribution in [3.05, 3.63) is 100 Å². The lowest BCUT2D eigenvalue weighted by atomic mass is 9.84. The van der Waals surface area contributed by atoms with Gasteiger partial charge >= 0.3 is 11.9 Å². The van der Waals surface area contributed by atoms with Crippen molar-refractivity contribution in [3.8, 4) is 11.5 Å². The average molecular weight is 465 g/mol. The molecular weight excluding hydrogens is 446 g/mol. The number of allylic oxidation sites excluding steroid dienone is 1. The van der Waals surface area contributed by atoms with Gasteiger partial charge in [-0.25, -0.2) is 4.79 Å². The molecule has 1 N–H and O–H groups in total. The number of carbonyl (C=O) groups is 3. The molecule has 3 aromatic carbocycles. The fourth-order valence-electron chi connectivity index (χ4n) is 4.88. The van der Waals surface area contributed by atoms with Gasteiger partial charge in [-0.05, 0) is 42.0 Å². The number of carboxylic acid groups (broad SMARTS) is 1. The van der Waals surface area contributed by atoms with Gasteiger partial charge in [0.25, 0.3) is 0 Å². The van der Waals surface area contributed by atoms with E-state index < -0.39 is 17.9 Å². The summed E-state index contributed by atoms with van der Waals surface area (Å²) in [5.74, 6) is -1.20. The Labute approximate surface area is 199 Å². The van der Waals surface area contributed by atoms with Crippen LogP contribution in [0.25, 0.3) is 17.0 Å². The van der Waals surface area contributed by atoms with Gasteiger partial charge in [0.15, 0.2) is 5.76 Å². The summed E-state index contributed by atoms with van der Waals surface area (Å²) in [7, 11) is 1.95. The topological polar surface area (TPSA) is 94.8 Å². The molecule has 0 bridgehead atoms. The highest BCUT2D eigenvalue weighted by molar-refractivity contribution is 6.15. The molecular formula is C28H19NO6. The van der Waals surface area contributed by atoms with Gasteiger partial charge in [-0.1, -0.05) is 30.3 Å². The van der Waals surface area contributed by atoms with Crippen LogP contribution >= 0.6 is 0 Å². The zero-order valence-electron chi connectivity index (χ0n) is 18.6. The number of aromatic nitrogens is 1. The molecule has 0 saturated heterocycles. The van der Waals surface area contributed by atoms with Crippen LogP contribution < -0.4 is 9.47 Å². The monoisotopic (exact) mass is 465 g/mol. The van der Waals surface area contributed by atoms with Gasteiger partial charge in [0.1, 0.15) is 11.5 Å². The summed E-state index contributed by atoms with van der Waals surface area (Å²) in [5, 5.41) is 10.2. The highest BCUT2D eigenvalue weighted by atomic mass is 16.5. The number of rotatable bonds is 3. The fourth-order valence-corrected chi connectivity index (χ4v) is 4.88. The number of aryl methyl sites for hydroxylation is 1. The highest BCUT2D eigenvalue weighted by Crippen LogP contribution is 2.49. The van der Waals surface area contributed by atoms with E-state index in [1.165, 1.54) is 12.1 Å². The maximum Gasteiger partial charge on any atom is 0.335 e. The van der Waals surface area contributed by atoms with E-state index in [9.17, 15) is 19.5 Å². The lowest BCUT2D eigenvalue weighted by Crippen LogP contribution is -2.21. The maximum atomic E-state index is 13.3. The minimum atomic E-state index is -1.03. The van der Waals surface area contributed by atoms with Gasteiger partial charge in [-0.3, -0.25) is 9.59 Å². The highest BCUT2D eigenvalue weighted by Gasteiger charge is 2.38. The molecule has 0 amide bonds. The minimum absolute atomic E-state index is 0.0514. The molecule has 0 fully saturated rings. The van der Waals surface area contributed by atoms with E-state index in [0.717, 1.165) is 22.0 Å². The summed E-state index contributed by atoms with van der Waals surface area (Å²) in [6.07, 6.45) is 3.74. The minimum Gasteiger partial charge on any atom is -0.478 e. The summed E-state index contributed by atoms with van der Waals surface area (Å²) < 4.78 is 13.6. The molecule has 0 radical (unpaired) electrons. The van der Waals surface area contributed by atoms with Crippen LogP contribution in [-0.4, -0.2) is 27.4 Å². The number of carbonyl (C=O) groups excluding carboxylic acids is 2. The SMILES string of the molecule is Cn1cc(/C=C2/Oc3c(ccc4c3C(c3ccc(C(=O)O)cc3)CC(=O)O4)C2=O)c2ccccc21. The molecule has 2 aliphatic rings. The first-order valence-corrected chi connectivity index (χ1v) is 11.1. The molecule has 1 atom stereocenters. The van der Waals surface area contributed by atoms with Crippen molar-refractivity contribution in [3.63, 3.8) is 0 Å². The van der Waals surface area contributed by atoms with Crippen LogP contribution in [0.15, 0.2) is 72.6 Å². The lowest BCUT2D eigenvalue weighted by molar-refractivity contribution is -0.135. The Hall–Kier alpha value is -4.65. The van der Waals surface area contributed by atoms with Crippen LogP contribution in [-0.2, 0) is 11.8 Å². The normalized spacial score (nSPS) is 17.7. The van der Waals surface area contributed by atoms with Crippen LogP contribution in [0.4, 0.5) is 0 Å². The number of hydrogen-bond acceptors (Lipinski definition) is 5. The van der Waals surface area contributed by atoms with Gasteiger partial charge in [0, 0.05) is 41.2 Å². The quantitative estimate of drug-likeness (QED) is 0.262. The summed E-state index contributed by atoms with van der Waals surface area (Å²) >= 11 is 0. The Kier molecular flexibility index (Phi) is 4.60. The second-order valence-corrected chi connectivity index (χ2v) is 8.66. The molecule has 0 aliphatic carbocycles. The largest absolute Gasteiger partial charge is 0.478 e. The number of benzene rings is 3. The molecule has 6 rings (SSSR count). The van der Waals surface area contributed by atoms with Crippen molar-refractivity contribution in [1.29, 1.82) is 0 Å². The van der Waals surface area contributed by atoms with Crippen molar-refractivity contribution < 1.29 is 29.0 Å². The van der Waals surface area contributed by atoms with Crippen molar-refractivity contribution in [2.45, 2.75) is 12.3 Å². The van der Waals surface area contributed by atoms with Crippen molar-refractivity contribution in [1.82, 2.24) is 4.57 Å². The average Bonchev–Trinajstić information content (AvgIpc) is 3.35. The third-order valence-electron chi connectivity index (χ3n) is 6.55. The Bertz CT molecular complexity index is 1590. The van der Waals surface area contributed by atoms with Crippen LogP contribution in [0.2, 0.25) is 0 Å². The van der Waals surface area contributed by atoms with E-state index in [1.54, 1.807) is 30.3 Å². The Morgan fingerprint density at radius 2 is 1.80 bits per heavy atom. The summed E-state index contributed by atoms with van der Waals surface area (Å²) in [4.78, 5) is 36.9. The van der Waals surface area contributed by atoms with Gasteiger partial charge < -0.3 is 19.1 Å². The third-order valence-corrected chi connectivity index (χ3v) is 6.55. The lowest BCUT2D eigenvalue weighted by Gasteiger charge is -2.26. The summed E-state index contributed by atoms with van der Waals surface area (Å²) in [6, 6.07) is 17.5. The number of fused-ring (bicyclic) bond motifs is 4. The summed E-state index contributed by atoms with van der Waals surface area (Å²) in [6.45, 7) is 0. The number of ketones is 1. The zero-order chi connectivity index (χ0) is 24.3. The number of Topliss-reactive ketones (excluding diaryl/α,β-unsaturated/α-hetero) is 1. The van der Waals surface area contributed by atoms with Crippen LogP contribution in [0.1, 0.15) is 49.7 Å². The number of carboxylic acids is 1. The smallest absolute Gasteiger partial charge is 0.335 e. The number of esters is 1. The van der Waals surface area contributed by atoms with E-state index in [4.69, 9.17) is 9.47 Å². The first kappa shape index (κ1) is 20.9. The molecule has 7 nitrogen and oxygen atoms in total. The molecule has 2 aliphatic heterocycles. The molecule has 0 saturated carbocycles. The second-order valence-electron chi connectivity index (χ2n) is 8.66. The number of ether oxygens (including phenoxy) is 2.